The van der Waals surface area contributed by atoms with Crippen LogP contribution in [0.3, 0.4) is 0 Å². The van der Waals surface area contributed by atoms with Crippen molar-refractivity contribution >= 4 is 60.8 Å². The monoisotopic (exact) mass is 489 g/mol. The lowest BCUT2D eigenvalue weighted by molar-refractivity contribution is -0.119. The molecule has 0 spiro atoms. The molecule has 6 nitrogen and oxygen atoms in total. The Hall–Kier alpha value is -1.58. The van der Waals surface area contributed by atoms with Crippen LogP contribution in [0.4, 0.5) is 5.69 Å². The first-order valence-electron chi connectivity index (χ1n) is 7.34. The molecule has 3 rings (SSSR count). The fourth-order valence-corrected chi connectivity index (χ4v) is 4.02. The number of rotatable bonds is 4. The zero-order valence-electron chi connectivity index (χ0n) is 12.8. The van der Waals surface area contributed by atoms with E-state index in [1.54, 1.807) is 24.3 Å². The summed E-state index contributed by atoms with van der Waals surface area (Å²) in [4.78, 5) is 24.3. The summed E-state index contributed by atoms with van der Waals surface area (Å²) >= 11 is 7.83. The second kappa shape index (κ2) is 8.20. The number of thiophene rings is 1. The predicted octanol–water partition coefficient (Wildman–Crippen LogP) is 4.23. The third kappa shape index (κ3) is 4.74. The zero-order chi connectivity index (χ0) is 17.8. The van der Waals surface area contributed by atoms with Gasteiger partial charge in [0, 0.05) is 22.6 Å². The molecule has 1 N–H and O–H groups in total. The van der Waals surface area contributed by atoms with E-state index in [0.717, 1.165) is 14.7 Å². The molecule has 0 radical (unpaired) electrons. The van der Waals surface area contributed by atoms with Crippen LogP contribution in [0.1, 0.15) is 16.1 Å². The van der Waals surface area contributed by atoms with Gasteiger partial charge in [0.05, 0.1) is 17.0 Å². The van der Waals surface area contributed by atoms with Crippen molar-refractivity contribution in [3.8, 4) is 11.5 Å². The van der Waals surface area contributed by atoms with Crippen molar-refractivity contribution in [2.75, 3.05) is 25.1 Å². The molecule has 2 heterocycles. The van der Waals surface area contributed by atoms with Crippen LogP contribution in [0.25, 0.3) is 0 Å². The standard InChI is InChI=1S/C16H13Br2NO5S/c17-10-7-13(25-15(10)18)16(21)24-8-14(20)19-9-2-3-11-12(6-9)23-5-1-4-22-11/h2-3,6-7H,1,4-5,8H2,(H,19,20). The molecule has 1 aromatic heterocycles. The SMILES string of the molecule is O=C(COC(=O)c1cc(Br)c(Br)s1)Nc1ccc2c(c1)OCCCO2. The first-order valence-corrected chi connectivity index (χ1v) is 9.74. The number of esters is 1. The first kappa shape index (κ1) is 18.2. The van der Waals surface area contributed by atoms with Gasteiger partial charge < -0.3 is 19.5 Å². The molecule has 0 bridgehead atoms. The van der Waals surface area contributed by atoms with Crippen LogP contribution in [0.2, 0.25) is 0 Å². The maximum Gasteiger partial charge on any atom is 0.348 e. The van der Waals surface area contributed by atoms with E-state index < -0.39 is 11.9 Å². The molecule has 1 aliphatic rings. The molecular formula is C16H13Br2NO5S. The van der Waals surface area contributed by atoms with E-state index in [2.05, 4.69) is 37.2 Å². The molecule has 9 heteroatoms. The second-order valence-electron chi connectivity index (χ2n) is 5.07. The fraction of sp³-hybridized carbons (Fsp3) is 0.250. The van der Waals surface area contributed by atoms with Crippen LogP contribution in [0.15, 0.2) is 32.5 Å². The first-order chi connectivity index (χ1) is 12.0. The Morgan fingerprint density at radius 2 is 1.92 bits per heavy atom. The van der Waals surface area contributed by atoms with Gasteiger partial charge >= 0.3 is 5.97 Å². The minimum atomic E-state index is -0.551. The molecule has 0 unspecified atom stereocenters. The van der Waals surface area contributed by atoms with Crippen LogP contribution >= 0.6 is 43.2 Å². The fourth-order valence-electron chi connectivity index (χ4n) is 2.09. The average Bonchev–Trinajstić information content (AvgIpc) is 2.80. The summed E-state index contributed by atoms with van der Waals surface area (Å²) in [5.74, 6) is 0.249. The van der Waals surface area contributed by atoms with Crippen molar-refractivity contribution in [2.24, 2.45) is 0 Å². The number of hydrogen-bond acceptors (Lipinski definition) is 6. The van der Waals surface area contributed by atoms with Gasteiger partial charge in [-0.2, -0.15) is 0 Å². The molecule has 0 saturated heterocycles. The summed E-state index contributed by atoms with van der Waals surface area (Å²) in [6.07, 6.45) is 0.807. The van der Waals surface area contributed by atoms with Crippen LogP contribution in [0, 0.1) is 0 Å². The highest BCUT2D eigenvalue weighted by Gasteiger charge is 2.16. The number of ether oxygens (including phenoxy) is 3. The Morgan fingerprint density at radius 1 is 1.16 bits per heavy atom. The van der Waals surface area contributed by atoms with Crippen molar-refractivity contribution in [2.45, 2.75) is 6.42 Å². The van der Waals surface area contributed by atoms with E-state index in [1.807, 2.05) is 0 Å². The number of carbonyl (C=O) groups is 2. The van der Waals surface area contributed by atoms with Gasteiger partial charge in [-0.05, 0) is 50.1 Å². The highest BCUT2D eigenvalue weighted by atomic mass is 79.9. The number of carbonyl (C=O) groups excluding carboxylic acids is 2. The maximum absolute atomic E-state index is 12.0. The Labute approximate surface area is 164 Å². The van der Waals surface area contributed by atoms with E-state index in [-0.39, 0.29) is 6.61 Å². The van der Waals surface area contributed by atoms with Gasteiger partial charge in [-0.1, -0.05) is 0 Å². The smallest absolute Gasteiger partial charge is 0.348 e. The summed E-state index contributed by atoms with van der Waals surface area (Å²) in [5.41, 5.74) is 0.548. The largest absolute Gasteiger partial charge is 0.490 e. The summed E-state index contributed by atoms with van der Waals surface area (Å²) < 4.78 is 17.7. The second-order valence-corrected chi connectivity index (χ2v) is 8.29. The van der Waals surface area contributed by atoms with Gasteiger partial charge in [0.2, 0.25) is 0 Å². The number of fused-ring (bicyclic) bond motifs is 1. The topological polar surface area (TPSA) is 73.9 Å². The van der Waals surface area contributed by atoms with E-state index in [0.29, 0.717) is 35.3 Å². The normalized spacial score (nSPS) is 13.0. The number of halogens is 2. The number of anilines is 1. The average molecular weight is 491 g/mol. The van der Waals surface area contributed by atoms with E-state index in [4.69, 9.17) is 14.2 Å². The molecule has 1 aliphatic heterocycles. The van der Waals surface area contributed by atoms with Crippen LogP contribution in [-0.4, -0.2) is 31.7 Å². The van der Waals surface area contributed by atoms with Gasteiger partial charge in [-0.25, -0.2) is 4.79 Å². The molecule has 2 aromatic rings. The lowest BCUT2D eigenvalue weighted by Gasteiger charge is -2.10. The number of hydrogen-bond donors (Lipinski definition) is 1. The predicted molar refractivity (Wildman–Crippen MR) is 101 cm³/mol. The van der Waals surface area contributed by atoms with E-state index in [1.165, 1.54) is 11.3 Å². The molecule has 0 atom stereocenters. The molecule has 1 amide bonds. The molecule has 0 aliphatic carbocycles. The highest BCUT2D eigenvalue weighted by Crippen LogP contribution is 2.33. The quantitative estimate of drug-likeness (QED) is 0.649. The lowest BCUT2D eigenvalue weighted by Crippen LogP contribution is -2.20. The molecule has 25 heavy (non-hydrogen) atoms. The van der Waals surface area contributed by atoms with Crippen LogP contribution in [-0.2, 0) is 9.53 Å². The van der Waals surface area contributed by atoms with Crippen molar-refractivity contribution < 1.29 is 23.8 Å². The van der Waals surface area contributed by atoms with Gasteiger partial charge in [-0.3, -0.25) is 4.79 Å². The highest BCUT2D eigenvalue weighted by molar-refractivity contribution is 9.13. The number of amides is 1. The van der Waals surface area contributed by atoms with E-state index in [9.17, 15) is 9.59 Å². The van der Waals surface area contributed by atoms with Gasteiger partial charge in [-0.15, -0.1) is 11.3 Å². The van der Waals surface area contributed by atoms with Crippen LogP contribution < -0.4 is 14.8 Å². The molecule has 0 saturated carbocycles. The maximum atomic E-state index is 12.0. The zero-order valence-corrected chi connectivity index (χ0v) is 16.8. The third-order valence-electron chi connectivity index (χ3n) is 3.21. The van der Waals surface area contributed by atoms with Crippen molar-refractivity contribution in [1.29, 1.82) is 0 Å². The van der Waals surface area contributed by atoms with Gasteiger partial charge in [0.1, 0.15) is 4.88 Å². The lowest BCUT2D eigenvalue weighted by atomic mass is 10.2. The Balaban J connectivity index is 1.55. The molecular weight excluding hydrogens is 478 g/mol. The van der Waals surface area contributed by atoms with Crippen molar-refractivity contribution in [1.82, 2.24) is 0 Å². The van der Waals surface area contributed by atoms with Crippen LogP contribution in [0.5, 0.6) is 11.5 Å². The summed E-state index contributed by atoms with van der Waals surface area (Å²) in [7, 11) is 0. The van der Waals surface area contributed by atoms with Gasteiger partial charge in [0.15, 0.2) is 18.1 Å². The Kier molecular flexibility index (Phi) is 5.98. The minimum Gasteiger partial charge on any atom is -0.490 e. The van der Waals surface area contributed by atoms with E-state index >= 15 is 0 Å². The Bertz CT molecular complexity index is 788. The molecule has 132 valence electrons. The summed E-state index contributed by atoms with van der Waals surface area (Å²) in [6, 6.07) is 6.77. The number of benzene rings is 1. The minimum absolute atomic E-state index is 0.375. The van der Waals surface area contributed by atoms with Gasteiger partial charge in [0.25, 0.3) is 5.91 Å². The van der Waals surface area contributed by atoms with Crippen molar-refractivity contribution in [3.63, 3.8) is 0 Å². The third-order valence-corrected chi connectivity index (χ3v) is 6.45. The number of nitrogens with one attached hydrogen (secondary N) is 1. The summed E-state index contributed by atoms with van der Waals surface area (Å²) in [5, 5.41) is 2.67. The summed E-state index contributed by atoms with van der Waals surface area (Å²) in [6.45, 7) is 0.790. The molecule has 0 fully saturated rings. The Morgan fingerprint density at radius 3 is 2.64 bits per heavy atom. The van der Waals surface area contributed by atoms with Crippen molar-refractivity contribution in [3.05, 3.63) is 37.4 Å². The molecule has 1 aromatic carbocycles.